The summed E-state index contributed by atoms with van der Waals surface area (Å²) >= 11 is 18.0. The third-order valence-corrected chi connectivity index (χ3v) is 3.40. The van der Waals surface area contributed by atoms with Crippen LogP contribution in [0.5, 0.6) is 0 Å². The van der Waals surface area contributed by atoms with E-state index < -0.39 is 9.46 Å². The van der Waals surface area contributed by atoms with Gasteiger partial charge in [-0.05, 0) is 5.56 Å². The van der Waals surface area contributed by atoms with E-state index in [1.54, 1.807) is 12.1 Å². The van der Waals surface area contributed by atoms with Gasteiger partial charge in [0, 0.05) is 0 Å². The molecule has 2 nitrogen and oxygen atoms in total. The Bertz CT molecular complexity index is 342. The molecule has 0 N–H and O–H groups in total. The Kier molecular flexibility index (Phi) is 2.02. The SMILES string of the molecule is ClC1(C(Cl)(Cl)c2ccccc2)N=N1. The molecule has 0 radical (unpaired) electrons. The summed E-state index contributed by atoms with van der Waals surface area (Å²) in [6.45, 7) is 0. The van der Waals surface area contributed by atoms with Gasteiger partial charge in [-0.25, -0.2) is 0 Å². The Labute approximate surface area is 90.5 Å². The molecule has 0 atom stereocenters. The Morgan fingerprint density at radius 1 is 1.08 bits per heavy atom. The highest BCUT2D eigenvalue weighted by atomic mass is 35.5. The van der Waals surface area contributed by atoms with Crippen molar-refractivity contribution in [1.82, 2.24) is 0 Å². The van der Waals surface area contributed by atoms with E-state index in [-0.39, 0.29) is 0 Å². The highest BCUT2D eigenvalue weighted by molar-refractivity contribution is 6.53. The van der Waals surface area contributed by atoms with Crippen molar-refractivity contribution >= 4 is 34.8 Å². The number of hydrogen-bond acceptors (Lipinski definition) is 2. The van der Waals surface area contributed by atoms with Crippen molar-refractivity contribution in [2.75, 3.05) is 0 Å². The lowest BCUT2D eigenvalue weighted by atomic mass is 10.1. The summed E-state index contributed by atoms with van der Waals surface area (Å²) in [5.41, 5.74) is 0.693. The van der Waals surface area contributed by atoms with Crippen LogP contribution < -0.4 is 0 Å². The minimum atomic E-state index is -1.28. The molecular weight excluding hydrogens is 230 g/mol. The number of halogens is 3. The molecule has 0 aliphatic carbocycles. The van der Waals surface area contributed by atoms with Gasteiger partial charge < -0.3 is 0 Å². The van der Waals surface area contributed by atoms with Gasteiger partial charge in [0.25, 0.3) is 5.12 Å². The molecule has 1 aromatic rings. The Morgan fingerprint density at radius 2 is 1.62 bits per heavy atom. The molecule has 1 aromatic carbocycles. The standard InChI is InChI=1S/C8H5Cl3N2/c9-7(10,8(11)12-13-8)6-4-2-1-3-5-6/h1-5H. The minimum Gasteiger partial charge on any atom is -0.137 e. The third-order valence-electron chi connectivity index (χ3n) is 1.81. The lowest BCUT2D eigenvalue weighted by Crippen LogP contribution is -2.26. The second kappa shape index (κ2) is 2.84. The highest BCUT2D eigenvalue weighted by Gasteiger charge is 2.58. The lowest BCUT2D eigenvalue weighted by Gasteiger charge is -2.20. The molecule has 0 unspecified atom stereocenters. The first-order chi connectivity index (χ1) is 6.06. The molecule has 1 aliphatic heterocycles. The van der Waals surface area contributed by atoms with Crippen molar-refractivity contribution in [3.8, 4) is 0 Å². The summed E-state index contributed by atoms with van der Waals surface area (Å²) < 4.78 is -1.28. The molecule has 1 aliphatic rings. The Hall–Kier alpha value is -0.310. The van der Waals surface area contributed by atoms with Crippen LogP contribution in [0.4, 0.5) is 0 Å². The fraction of sp³-hybridized carbons (Fsp3) is 0.250. The Balaban J connectivity index is 2.35. The maximum atomic E-state index is 6.05. The second-order valence-electron chi connectivity index (χ2n) is 2.73. The maximum absolute atomic E-state index is 6.05. The fourth-order valence-corrected chi connectivity index (χ4v) is 1.55. The van der Waals surface area contributed by atoms with E-state index in [1.165, 1.54) is 0 Å². The topological polar surface area (TPSA) is 24.7 Å². The van der Waals surface area contributed by atoms with E-state index in [9.17, 15) is 0 Å². The summed E-state index contributed by atoms with van der Waals surface area (Å²) in [6, 6.07) is 9.10. The van der Waals surface area contributed by atoms with Gasteiger partial charge in [0.15, 0.2) is 0 Å². The summed E-state index contributed by atoms with van der Waals surface area (Å²) in [4.78, 5) is 0. The first kappa shape index (κ1) is 9.25. The van der Waals surface area contributed by atoms with Crippen molar-refractivity contribution in [2.45, 2.75) is 9.46 Å². The van der Waals surface area contributed by atoms with Crippen LogP contribution in [-0.2, 0) is 4.33 Å². The summed E-state index contributed by atoms with van der Waals surface area (Å²) in [7, 11) is 0. The van der Waals surface area contributed by atoms with Crippen molar-refractivity contribution in [2.24, 2.45) is 10.2 Å². The predicted octanol–water partition coefficient (Wildman–Crippen LogP) is 3.68. The number of benzene rings is 1. The molecular formula is C8H5Cl3N2. The van der Waals surface area contributed by atoms with Crippen molar-refractivity contribution in [3.63, 3.8) is 0 Å². The quantitative estimate of drug-likeness (QED) is 0.552. The molecule has 0 bridgehead atoms. The molecule has 2 rings (SSSR count). The van der Waals surface area contributed by atoms with Gasteiger partial charge in [-0.1, -0.05) is 65.1 Å². The van der Waals surface area contributed by atoms with Gasteiger partial charge in [0.05, 0.1) is 0 Å². The van der Waals surface area contributed by atoms with Crippen molar-refractivity contribution < 1.29 is 0 Å². The van der Waals surface area contributed by atoms with Crippen LogP contribution in [0.15, 0.2) is 40.6 Å². The van der Waals surface area contributed by atoms with Gasteiger partial charge >= 0.3 is 0 Å². The minimum absolute atomic E-state index is 0.693. The largest absolute Gasteiger partial charge is 0.300 e. The molecule has 0 fully saturated rings. The van der Waals surface area contributed by atoms with Crippen molar-refractivity contribution in [3.05, 3.63) is 35.9 Å². The smallest absolute Gasteiger partial charge is 0.137 e. The van der Waals surface area contributed by atoms with Crippen LogP contribution in [0, 0.1) is 0 Å². The van der Waals surface area contributed by atoms with Gasteiger partial charge in [0.2, 0.25) is 4.33 Å². The van der Waals surface area contributed by atoms with E-state index in [0.717, 1.165) is 0 Å². The zero-order valence-electron chi connectivity index (χ0n) is 6.42. The van der Waals surface area contributed by atoms with Crippen LogP contribution in [-0.4, -0.2) is 5.12 Å². The van der Waals surface area contributed by atoms with Gasteiger partial charge in [-0.3, -0.25) is 0 Å². The highest BCUT2D eigenvalue weighted by Crippen LogP contribution is 2.55. The molecule has 1 heterocycles. The van der Waals surface area contributed by atoms with E-state index >= 15 is 0 Å². The predicted molar refractivity (Wildman–Crippen MR) is 53.3 cm³/mol. The van der Waals surface area contributed by atoms with Crippen LogP contribution in [0.1, 0.15) is 5.56 Å². The molecule has 13 heavy (non-hydrogen) atoms. The number of hydrogen-bond donors (Lipinski definition) is 0. The fourth-order valence-electron chi connectivity index (χ4n) is 1.00. The van der Waals surface area contributed by atoms with Crippen LogP contribution in [0.2, 0.25) is 0 Å². The number of alkyl halides is 3. The Morgan fingerprint density at radius 3 is 2.08 bits per heavy atom. The second-order valence-corrected chi connectivity index (χ2v) is 4.58. The lowest BCUT2D eigenvalue weighted by molar-refractivity contribution is 0.722. The average Bonchev–Trinajstić information content (AvgIpc) is 2.87. The molecule has 5 heteroatoms. The third kappa shape index (κ3) is 1.43. The molecule has 0 amide bonds. The van der Waals surface area contributed by atoms with E-state index in [2.05, 4.69) is 10.2 Å². The van der Waals surface area contributed by atoms with Crippen LogP contribution >= 0.6 is 34.8 Å². The molecule has 68 valence electrons. The van der Waals surface area contributed by atoms with Gasteiger partial charge in [-0.15, -0.1) is 10.2 Å². The average molecular weight is 236 g/mol. The normalized spacial score (nSPS) is 18.7. The zero-order valence-corrected chi connectivity index (χ0v) is 8.68. The molecule has 0 saturated carbocycles. The zero-order chi connectivity index (χ0) is 9.53. The van der Waals surface area contributed by atoms with E-state index in [0.29, 0.717) is 5.56 Å². The van der Waals surface area contributed by atoms with Gasteiger partial charge in [0.1, 0.15) is 0 Å². The number of rotatable bonds is 2. The molecule has 0 aromatic heterocycles. The monoisotopic (exact) mass is 234 g/mol. The van der Waals surface area contributed by atoms with E-state index in [1.807, 2.05) is 18.2 Å². The van der Waals surface area contributed by atoms with Crippen LogP contribution in [0.25, 0.3) is 0 Å². The summed E-state index contributed by atoms with van der Waals surface area (Å²) in [6.07, 6.45) is 0. The first-order valence-corrected chi connectivity index (χ1v) is 4.76. The van der Waals surface area contributed by atoms with Crippen LogP contribution in [0.3, 0.4) is 0 Å². The maximum Gasteiger partial charge on any atom is 0.300 e. The van der Waals surface area contributed by atoms with Crippen molar-refractivity contribution in [1.29, 1.82) is 0 Å². The van der Waals surface area contributed by atoms with E-state index in [4.69, 9.17) is 34.8 Å². The molecule has 0 spiro atoms. The summed E-state index contributed by atoms with van der Waals surface area (Å²) in [5, 5.41) is 6.02. The molecule has 0 saturated heterocycles. The number of nitrogens with zero attached hydrogens (tertiary/aromatic N) is 2. The summed E-state index contributed by atoms with van der Waals surface area (Å²) in [5.74, 6) is 0. The first-order valence-electron chi connectivity index (χ1n) is 3.62. The van der Waals surface area contributed by atoms with Gasteiger partial charge in [-0.2, -0.15) is 0 Å².